The molecule has 6 nitrogen and oxygen atoms in total. The van der Waals surface area contributed by atoms with Crippen molar-refractivity contribution in [2.75, 3.05) is 39.9 Å². The molecular weight excluding hydrogens is 356 g/mol. The highest BCUT2D eigenvalue weighted by molar-refractivity contribution is 5.94. The number of hydrogen-bond donors (Lipinski definition) is 0. The number of piperidine rings is 1. The third-order valence-corrected chi connectivity index (χ3v) is 4.64. The van der Waals surface area contributed by atoms with Gasteiger partial charge < -0.3 is 19.3 Å². The smallest absolute Gasteiger partial charge is 0.254 e. The lowest BCUT2D eigenvalue weighted by Gasteiger charge is -2.32. The molecule has 1 aromatic rings. The number of likely N-dealkylation sites (tertiary alicyclic amines) is 1. The summed E-state index contributed by atoms with van der Waals surface area (Å²) in [6, 6.07) is 7.08. The first kappa shape index (κ1) is 21.5. The van der Waals surface area contributed by atoms with E-state index in [2.05, 4.69) is 12.5 Å². The number of ether oxygens (including phenoxy) is 2. The minimum Gasteiger partial charge on any atom is -0.490 e. The molecule has 28 heavy (non-hydrogen) atoms. The second-order valence-electron chi connectivity index (χ2n) is 6.64. The van der Waals surface area contributed by atoms with Gasteiger partial charge in [0, 0.05) is 45.1 Å². The summed E-state index contributed by atoms with van der Waals surface area (Å²) < 4.78 is 11.0. The van der Waals surface area contributed by atoms with Gasteiger partial charge in [0.25, 0.3) is 5.91 Å². The van der Waals surface area contributed by atoms with Crippen LogP contribution in [0.2, 0.25) is 0 Å². The average molecular weight is 384 g/mol. The summed E-state index contributed by atoms with van der Waals surface area (Å²) in [7, 11) is 1.60. The highest BCUT2D eigenvalue weighted by Gasteiger charge is 2.23. The zero-order chi connectivity index (χ0) is 20.4. The van der Waals surface area contributed by atoms with Gasteiger partial charge in [-0.25, -0.2) is 0 Å². The minimum atomic E-state index is -0.132. The van der Waals surface area contributed by atoms with E-state index in [1.54, 1.807) is 42.4 Å². The zero-order valence-corrected chi connectivity index (χ0v) is 16.4. The fraction of sp³-hybridized carbons (Fsp3) is 0.455. The van der Waals surface area contributed by atoms with Crippen LogP contribution in [-0.4, -0.2) is 67.6 Å². The maximum absolute atomic E-state index is 12.5. The van der Waals surface area contributed by atoms with Crippen molar-refractivity contribution in [1.29, 1.82) is 0 Å². The molecule has 1 fully saturated rings. The van der Waals surface area contributed by atoms with Gasteiger partial charge >= 0.3 is 0 Å². The lowest BCUT2D eigenvalue weighted by atomic mass is 10.1. The van der Waals surface area contributed by atoms with E-state index in [1.807, 2.05) is 4.90 Å². The highest BCUT2D eigenvalue weighted by Crippen LogP contribution is 2.20. The maximum atomic E-state index is 12.5. The Bertz CT molecular complexity index is 700. The van der Waals surface area contributed by atoms with Crippen molar-refractivity contribution in [3.05, 3.63) is 42.5 Å². The van der Waals surface area contributed by atoms with Gasteiger partial charge in [0.1, 0.15) is 11.9 Å². The summed E-state index contributed by atoms with van der Waals surface area (Å²) in [4.78, 5) is 27.9. The standard InChI is InChI=1S/C22H28N2O4/c1-4-13-24(14-5-2)22(26)18-6-8-19(9-7-18)28-20-10-15-23(16-11-20)21(25)12-17-27-3/h1,5-9,20H,2,10-17H2,3H3. The van der Waals surface area contributed by atoms with Gasteiger partial charge in [0.15, 0.2) is 0 Å². The Morgan fingerprint density at radius 1 is 1.32 bits per heavy atom. The molecule has 1 aliphatic heterocycles. The topological polar surface area (TPSA) is 59.1 Å². The van der Waals surface area contributed by atoms with Crippen LogP contribution in [0.3, 0.4) is 0 Å². The molecule has 0 atom stereocenters. The monoisotopic (exact) mass is 384 g/mol. The second-order valence-corrected chi connectivity index (χ2v) is 6.64. The van der Waals surface area contributed by atoms with Crippen LogP contribution in [0, 0.1) is 12.3 Å². The molecule has 0 N–H and O–H groups in total. The molecule has 0 aliphatic carbocycles. The SMILES string of the molecule is C#CCN(CC=C)C(=O)c1ccc(OC2CCN(C(=O)CCOC)CC2)cc1. The number of benzene rings is 1. The summed E-state index contributed by atoms with van der Waals surface area (Å²) in [5, 5.41) is 0. The van der Waals surface area contributed by atoms with Crippen LogP contribution >= 0.6 is 0 Å². The van der Waals surface area contributed by atoms with E-state index in [-0.39, 0.29) is 24.5 Å². The average Bonchev–Trinajstić information content (AvgIpc) is 2.72. The number of methoxy groups -OCH3 is 1. The number of nitrogens with zero attached hydrogens (tertiary/aromatic N) is 2. The number of carbonyl (C=O) groups is 2. The van der Waals surface area contributed by atoms with Gasteiger partial charge in [0.05, 0.1) is 19.6 Å². The van der Waals surface area contributed by atoms with E-state index in [9.17, 15) is 9.59 Å². The minimum absolute atomic E-state index is 0.0618. The van der Waals surface area contributed by atoms with Crippen molar-refractivity contribution in [2.24, 2.45) is 0 Å². The van der Waals surface area contributed by atoms with E-state index in [0.29, 0.717) is 44.0 Å². The number of carbonyl (C=O) groups excluding carboxylic acids is 2. The van der Waals surface area contributed by atoms with Crippen LogP contribution in [0.1, 0.15) is 29.6 Å². The highest BCUT2D eigenvalue weighted by atomic mass is 16.5. The molecule has 2 rings (SSSR count). The van der Waals surface area contributed by atoms with E-state index < -0.39 is 0 Å². The van der Waals surface area contributed by atoms with Crippen LogP contribution in [0.15, 0.2) is 36.9 Å². The largest absolute Gasteiger partial charge is 0.490 e. The molecule has 1 aromatic carbocycles. The summed E-state index contributed by atoms with van der Waals surface area (Å²) in [6.07, 6.45) is 9.03. The zero-order valence-electron chi connectivity index (χ0n) is 16.4. The van der Waals surface area contributed by atoms with E-state index >= 15 is 0 Å². The molecular formula is C22H28N2O4. The van der Waals surface area contributed by atoms with Gasteiger partial charge in [-0.1, -0.05) is 12.0 Å². The summed E-state index contributed by atoms with van der Waals surface area (Å²) in [5.41, 5.74) is 0.558. The van der Waals surface area contributed by atoms with Gasteiger partial charge in [0.2, 0.25) is 5.91 Å². The predicted molar refractivity (Wildman–Crippen MR) is 108 cm³/mol. The lowest BCUT2D eigenvalue weighted by Crippen LogP contribution is -2.42. The first-order chi connectivity index (χ1) is 13.6. The molecule has 2 amide bonds. The third-order valence-electron chi connectivity index (χ3n) is 4.64. The number of amides is 2. The molecule has 0 spiro atoms. The molecule has 1 aliphatic rings. The number of rotatable bonds is 9. The summed E-state index contributed by atoms with van der Waals surface area (Å²) in [6.45, 7) is 6.13. The molecule has 1 heterocycles. The lowest BCUT2D eigenvalue weighted by molar-refractivity contribution is -0.133. The Hall–Kier alpha value is -2.78. The molecule has 0 bridgehead atoms. The quantitative estimate of drug-likeness (QED) is 0.484. The first-order valence-corrected chi connectivity index (χ1v) is 9.46. The Balaban J connectivity index is 1.86. The van der Waals surface area contributed by atoms with Crippen LogP contribution in [0.5, 0.6) is 5.75 Å². The van der Waals surface area contributed by atoms with Crippen molar-refractivity contribution in [3.63, 3.8) is 0 Å². The van der Waals surface area contributed by atoms with Crippen molar-refractivity contribution >= 4 is 11.8 Å². The molecule has 1 saturated heterocycles. The van der Waals surface area contributed by atoms with Gasteiger partial charge in [-0.2, -0.15) is 0 Å². The van der Waals surface area contributed by atoms with Gasteiger partial charge in [-0.3, -0.25) is 9.59 Å². The van der Waals surface area contributed by atoms with E-state index in [0.717, 1.165) is 12.8 Å². The Kier molecular flexibility index (Phi) is 8.57. The van der Waals surface area contributed by atoms with Crippen molar-refractivity contribution in [2.45, 2.75) is 25.4 Å². The van der Waals surface area contributed by atoms with Crippen molar-refractivity contribution in [3.8, 4) is 18.1 Å². The maximum Gasteiger partial charge on any atom is 0.254 e. The first-order valence-electron chi connectivity index (χ1n) is 9.46. The Labute approximate surface area is 167 Å². The normalized spacial score (nSPS) is 14.2. The molecule has 150 valence electrons. The summed E-state index contributed by atoms with van der Waals surface area (Å²) >= 11 is 0. The number of hydrogen-bond acceptors (Lipinski definition) is 4. The van der Waals surface area contributed by atoms with Crippen molar-refractivity contribution in [1.82, 2.24) is 9.80 Å². The van der Waals surface area contributed by atoms with Gasteiger partial charge in [-0.05, 0) is 24.3 Å². The van der Waals surface area contributed by atoms with Crippen LogP contribution in [0.4, 0.5) is 0 Å². The fourth-order valence-electron chi connectivity index (χ4n) is 3.11. The third kappa shape index (κ3) is 6.14. The van der Waals surface area contributed by atoms with Gasteiger partial charge in [-0.15, -0.1) is 13.0 Å². The molecule has 0 saturated carbocycles. The van der Waals surface area contributed by atoms with E-state index in [4.69, 9.17) is 15.9 Å². The van der Waals surface area contributed by atoms with E-state index in [1.165, 1.54) is 0 Å². The molecule has 6 heteroatoms. The van der Waals surface area contributed by atoms with Crippen molar-refractivity contribution < 1.29 is 19.1 Å². The Morgan fingerprint density at radius 2 is 2.00 bits per heavy atom. The number of terminal acetylenes is 1. The van der Waals surface area contributed by atoms with Crippen LogP contribution in [-0.2, 0) is 9.53 Å². The van der Waals surface area contributed by atoms with Crippen LogP contribution in [0.25, 0.3) is 0 Å². The van der Waals surface area contributed by atoms with Crippen LogP contribution < -0.4 is 4.74 Å². The summed E-state index contributed by atoms with van der Waals surface area (Å²) in [5.74, 6) is 3.20. The Morgan fingerprint density at radius 3 is 2.57 bits per heavy atom. The second kappa shape index (κ2) is 11.2. The predicted octanol–water partition coefficient (Wildman–Crippen LogP) is 2.35. The molecule has 0 radical (unpaired) electrons. The fourth-order valence-corrected chi connectivity index (χ4v) is 3.11. The molecule has 0 unspecified atom stereocenters. The molecule has 0 aromatic heterocycles.